The quantitative estimate of drug-likeness (QED) is 0.776. The molecule has 8 heteroatoms. The van der Waals surface area contributed by atoms with Crippen LogP contribution in [0.3, 0.4) is 0 Å². The van der Waals surface area contributed by atoms with Gasteiger partial charge in [-0.25, -0.2) is 0 Å². The van der Waals surface area contributed by atoms with Gasteiger partial charge in [0, 0.05) is 31.2 Å². The third-order valence-corrected chi connectivity index (χ3v) is 6.14. The number of carbonyl (C=O) groups is 1. The van der Waals surface area contributed by atoms with Crippen LogP contribution >= 0.6 is 0 Å². The summed E-state index contributed by atoms with van der Waals surface area (Å²) < 4.78 is 41.0. The summed E-state index contributed by atoms with van der Waals surface area (Å²) in [7, 11) is 0. The van der Waals surface area contributed by atoms with Gasteiger partial charge in [0.15, 0.2) is 0 Å². The molecule has 2 heterocycles. The molecule has 168 valence electrons. The number of ether oxygens (including phenoxy) is 1. The van der Waals surface area contributed by atoms with Crippen molar-refractivity contribution in [2.75, 3.05) is 32.8 Å². The van der Waals surface area contributed by atoms with Crippen molar-refractivity contribution >= 4 is 5.91 Å². The zero-order chi connectivity index (χ0) is 21.9. The summed E-state index contributed by atoms with van der Waals surface area (Å²) in [5.41, 5.74) is 0.410. The fraction of sp³-hybridized carbons (Fsp3) is 0.682. The summed E-state index contributed by atoms with van der Waals surface area (Å²) in [6.07, 6.45) is -1.30. The van der Waals surface area contributed by atoms with Gasteiger partial charge in [-0.05, 0) is 69.7 Å². The molecule has 0 bridgehead atoms. The zero-order valence-electron chi connectivity index (χ0n) is 17.6. The van der Waals surface area contributed by atoms with Crippen LogP contribution in [0.5, 0.6) is 0 Å². The highest BCUT2D eigenvalue weighted by Crippen LogP contribution is 2.27. The van der Waals surface area contributed by atoms with Crippen LogP contribution in [0, 0.1) is 5.92 Å². The Morgan fingerprint density at radius 3 is 2.30 bits per heavy atom. The molecule has 1 unspecified atom stereocenters. The Hall–Kier alpha value is -1.64. The lowest BCUT2D eigenvalue weighted by Crippen LogP contribution is -2.50. The number of piperidine rings is 2. The number of nitrogens with zero attached hydrogens (tertiary/aromatic N) is 2. The number of benzene rings is 1. The van der Waals surface area contributed by atoms with E-state index >= 15 is 0 Å². The van der Waals surface area contributed by atoms with Gasteiger partial charge in [-0.2, -0.15) is 0 Å². The molecule has 2 aliphatic heterocycles. The van der Waals surface area contributed by atoms with E-state index in [4.69, 9.17) is 0 Å². The molecule has 1 atom stereocenters. The lowest BCUT2D eigenvalue weighted by Gasteiger charge is -2.42. The molecule has 0 spiro atoms. The predicted octanol–water partition coefficient (Wildman–Crippen LogP) is 3.77. The van der Waals surface area contributed by atoms with E-state index < -0.39 is 12.0 Å². The summed E-state index contributed by atoms with van der Waals surface area (Å²) in [6, 6.07) is 7.34. The van der Waals surface area contributed by atoms with Gasteiger partial charge in [0.1, 0.15) is 0 Å². The second kappa shape index (κ2) is 9.24. The van der Waals surface area contributed by atoms with E-state index in [2.05, 4.69) is 9.64 Å². The lowest BCUT2D eigenvalue weighted by atomic mass is 9.94. The molecule has 0 radical (unpaired) electrons. The highest BCUT2D eigenvalue weighted by molar-refractivity contribution is 5.94. The summed E-state index contributed by atoms with van der Waals surface area (Å²) in [5.74, 6) is -0.125. The maximum absolute atomic E-state index is 12.8. The second-order valence-electron chi connectivity index (χ2n) is 8.92. The molecule has 2 saturated heterocycles. The number of hydrogen-bond donors (Lipinski definition) is 1. The molecule has 0 aromatic heterocycles. The number of alkyl halides is 3. The van der Waals surface area contributed by atoms with Crippen LogP contribution in [-0.2, 0) is 10.3 Å². The highest BCUT2D eigenvalue weighted by Gasteiger charge is 2.34. The van der Waals surface area contributed by atoms with Crippen molar-refractivity contribution in [3.05, 3.63) is 35.4 Å². The average Bonchev–Trinajstić information content (AvgIpc) is 2.71. The molecular formula is C22H31F3N2O3. The minimum atomic E-state index is -4.57. The van der Waals surface area contributed by atoms with Crippen molar-refractivity contribution in [3.63, 3.8) is 0 Å². The van der Waals surface area contributed by atoms with Crippen LogP contribution in [0.2, 0.25) is 0 Å². The molecule has 30 heavy (non-hydrogen) atoms. The Kier molecular flexibility index (Phi) is 7.09. The SMILES string of the molecule is CC(C)(O)c1ccc(C(=O)N2CCC(N3CCCC(COC(F)(F)F)C3)CC2)cc1. The van der Waals surface area contributed by atoms with Crippen molar-refractivity contribution < 1.29 is 27.8 Å². The van der Waals surface area contributed by atoms with Crippen LogP contribution in [-0.4, -0.2) is 66.0 Å². The van der Waals surface area contributed by atoms with Crippen LogP contribution in [0.25, 0.3) is 0 Å². The van der Waals surface area contributed by atoms with Crippen LogP contribution in [0.15, 0.2) is 24.3 Å². The maximum atomic E-state index is 12.8. The van der Waals surface area contributed by atoms with Crippen molar-refractivity contribution in [3.8, 4) is 0 Å². The minimum Gasteiger partial charge on any atom is -0.386 e. The molecular weight excluding hydrogens is 397 g/mol. The molecule has 5 nitrogen and oxygen atoms in total. The van der Waals surface area contributed by atoms with E-state index in [1.165, 1.54) is 0 Å². The highest BCUT2D eigenvalue weighted by atomic mass is 19.4. The maximum Gasteiger partial charge on any atom is 0.522 e. The third-order valence-electron chi connectivity index (χ3n) is 6.14. The van der Waals surface area contributed by atoms with Gasteiger partial charge in [-0.15, -0.1) is 13.2 Å². The summed E-state index contributed by atoms with van der Waals surface area (Å²) in [5, 5.41) is 10.0. The van der Waals surface area contributed by atoms with Crippen molar-refractivity contribution in [1.29, 1.82) is 0 Å². The molecule has 3 rings (SSSR count). The Labute approximate surface area is 175 Å². The largest absolute Gasteiger partial charge is 0.522 e. The zero-order valence-corrected chi connectivity index (χ0v) is 17.6. The van der Waals surface area contributed by atoms with Gasteiger partial charge in [0.25, 0.3) is 5.91 Å². The van der Waals surface area contributed by atoms with E-state index in [0.29, 0.717) is 31.2 Å². The van der Waals surface area contributed by atoms with E-state index in [-0.39, 0.29) is 18.4 Å². The van der Waals surface area contributed by atoms with Crippen LogP contribution in [0.4, 0.5) is 13.2 Å². The first kappa shape index (κ1) is 23.0. The smallest absolute Gasteiger partial charge is 0.386 e. The predicted molar refractivity (Wildman–Crippen MR) is 107 cm³/mol. The fourth-order valence-corrected chi connectivity index (χ4v) is 4.41. The first-order chi connectivity index (χ1) is 14.0. The van der Waals surface area contributed by atoms with Crippen molar-refractivity contribution in [1.82, 2.24) is 9.80 Å². The molecule has 1 aromatic rings. The van der Waals surface area contributed by atoms with Gasteiger partial charge in [0.05, 0.1) is 12.2 Å². The van der Waals surface area contributed by atoms with Gasteiger partial charge < -0.3 is 10.0 Å². The number of aliphatic hydroxyl groups is 1. The molecule has 0 aliphatic carbocycles. The molecule has 1 amide bonds. The summed E-state index contributed by atoms with van der Waals surface area (Å²) in [4.78, 5) is 16.9. The minimum absolute atomic E-state index is 0.0224. The topological polar surface area (TPSA) is 53.0 Å². The van der Waals surface area contributed by atoms with Gasteiger partial charge in [-0.3, -0.25) is 14.4 Å². The van der Waals surface area contributed by atoms with E-state index in [1.54, 1.807) is 38.1 Å². The molecule has 2 fully saturated rings. The molecule has 0 saturated carbocycles. The van der Waals surface area contributed by atoms with E-state index in [1.807, 2.05) is 4.90 Å². The number of likely N-dealkylation sites (tertiary alicyclic amines) is 2. The number of hydrogen-bond acceptors (Lipinski definition) is 4. The molecule has 2 aliphatic rings. The Bertz CT molecular complexity index is 708. The van der Waals surface area contributed by atoms with Gasteiger partial charge in [0.2, 0.25) is 0 Å². The number of halogens is 3. The second-order valence-corrected chi connectivity index (χ2v) is 8.92. The molecule has 1 N–H and O–H groups in total. The first-order valence-electron chi connectivity index (χ1n) is 10.6. The van der Waals surface area contributed by atoms with Crippen molar-refractivity contribution in [2.24, 2.45) is 5.92 Å². The molecule has 1 aromatic carbocycles. The van der Waals surface area contributed by atoms with Gasteiger partial charge in [-0.1, -0.05) is 12.1 Å². The Morgan fingerprint density at radius 2 is 1.73 bits per heavy atom. The summed E-state index contributed by atoms with van der Waals surface area (Å²) in [6.45, 7) is 5.91. The Morgan fingerprint density at radius 1 is 1.10 bits per heavy atom. The fourth-order valence-electron chi connectivity index (χ4n) is 4.41. The summed E-state index contributed by atoms with van der Waals surface area (Å²) >= 11 is 0. The lowest BCUT2D eigenvalue weighted by molar-refractivity contribution is -0.329. The monoisotopic (exact) mass is 428 g/mol. The van der Waals surface area contributed by atoms with Crippen LogP contribution < -0.4 is 0 Å². The van der Waals surface area contributed by atoms with E-state index in [0.717, 1.165) is 37.8 Å². The van der Waals surface area contributed by atoms with Crippen molar-refractivity contribution in [2.45, 2.75) is 57.5 Å². The number of amides is 1. The van der Waals surface area contributed by atoms with Gasteiger partial charge >= 0.3 is 6.36 Å². The Balaban J connectivity index is 1.50. The van der Waals surface area contributed by atoms with Crippen LogP contribution in [0.1, 0.15) is 55.5 Å². The average molecular weight is 428 g/mol. The number of rotatable bonds is 5. The third kappa shape index (κ3) is 6.18. The number of carbonyl (C=O) groups excluding carboxylic acids is 1. The first-order valence-corrected chi connectivity index (χ1v) is 10.6. The van der Waals surface area contributed by atoms with E-state index in [9.17, 15) is 23.1 Å². The standard InChI is InChI=1S/C22H31F3N2O3/c1-21(2,29)18-7-5-17(6-8-18)20(28)26-12-9-19(10-13-26)27-11-3-4-16(14-27)15-30-22(23,24)25/h5-8,16,19,29H,3-4,9-15H2,1-2H3. The normalized spacial score (nSPS) is 22.3.